The number of nitrogens with two attached hydrogens (primary N) is 1. The lowest BCUT2D eigenvalue weighted by Crippen LogP contribution is -2.46. The summed E-state index contributed by atoms with van der Waals surface area (Å²) in [7, 11) is 4.77. The van der Waals surface area contributed by atoms with Crippen molar-refractivity contribution in [2.45, 2.75) is 161 Å². The second-order valence-electron chi connectivity index (χ2n) is 17.5. The van der Waals surface area contributed by atoms with Crippen LogP contribution in [0.1, 0.15) is 148 Å². The van der Waals surface area contributed by atoms with Crippen LogP contribution in [0, 0.1) is 35.0 Å². The quantitative estimate of drug-likeness (QED) is 0.157. The third-order valence-electron chi connectivity index (χ3n) is 14.5. The molecule has 1 aromatic rings. The van der Waals surface area contributed by atoms with Crippen molar-refractivity contribution >= 4 is 11.5 Å². The molecule has 266 valence electrons. The molecule has 47 heavy (non-hydrogen) atoms. The number of nitrogens with one attached hydrogen (secondary N) is 2. The maximum atomic E-state index is 11.1. The van der Waals surface area contributed by atoms with Gasteiger partial charge in [0.25, 0.3) is 0 Å². The van der Waals surface area contributed by atoms with Gasteiger partial charge >= 0.3 is 0 Å². The van der Waals surface area contributed by atoms with Gasteiger partial charge in [-0.1, -0.05) is 46.5 Å². The molecular weight excluding hydrogens is 580 g/mol. The van der Waals surface area contributed by atoms with Crippen molar-refractivity contribution in [1.29, 1.82) is 0 Å². The molecule has 0 bridgehead atoms. The minimum atomic E-state index is -0.231. The van der Waals surface area contributed by atoms with E-state index in [1.54, 1.807) is 0 Å². The summed E-state index contributed by atoms with van der Waals surface area (Å²) in [6.45, 7) is 11.6. The van der Waals surface area contributed by atoms with E-state index in [1.807, 2.05) is 5.71 Å². The van der Waals surface area contributed by atoms with Gasteiger partial charge in [0.15, 0.2) is 5.71 Å². The van der Waals surface area contributed by atoms with Crippen LogP contribution in [0.5, 0.6) is 0 Å². The summed E-state index contributed by atoms with van der Waals surface area (Å²) < 4.78 is 5.13. The molecule has 0 radical (unpaired) electrons. The van der Waals surface area contributed by atoms with Gasteiger partial charge in [0.05, 0.1) is 18.9 Å². The Morgan fingerprint density at radius 3 is 2.64 bits per heavy atom. The molecule has 8 atom stereocenters. The van der Waals surface area contributed by atoms with Crippen molar-refractivity contribution in [3.05, 3.63) is 17.8 Å². The van der Waals surface area contributed by atoms with E-state index in [0.717, 1.165) is 54.4 Å². The average molecular weight is 652 g/mol. The Morgan fingerprint density at radius 1 is 1.15 bits per heavy atom. The molecule has 0 amide bonds. The van der Waals surface area contributed by atoms with E-state index >= 15 is 0 Å². The zero-order valence-electron chi connectivity index (χ0n) is 31.0. The molecule has 2 heterocycles. The highest BCUT2D eigenvalue weighted by Gasteiger charge is 2.45. The molecule has 4 fully saturated rings. The lowest BCUT2D eigenvalue weighted by molar-refractivity contribution is -0.539. The van der Waals surface area contributed by atoms with E-state index in [9.17, 15) is 5.11 Å². The fraction of sp³-hybridized carbons (Fsp3) is 0.875. The molecule has 5 N–H and O–H groups in total. The first-order valence-corrected chi connectivity index (χ1v) is 20.0. The number of rotatable bonds is 14. The molecule has 7 heteroatoms. The molecule has 5 aliphatic rings. The molecule has 7 nitrogen and oxygen atoms in total. The van der Waals surface area contributed by atoms with Crippen molar-refractivity contribution in [3.8, 4) is 0 Å². The van der Waals surface area contributed by atoms with Crippen LogP contribution in [0.3, 0.4) is 0 Å². The van der Waals surface area contributed by atoms with Gasteiger partial charge in [0.1, 0.15) is 18.9 Å². The molecular formula is C40H71N6O+. The molecule has 1 aromatic heterocycles. The minimum absolute atomic E-state index is 0.115. The highest BCUT2D eigenvalue weighted by molar-refractivity contribution is 5.83. The topological polar surface area (TPSA) is 81.5 Å². The first kappa shape index (κ1) is 35.4. The van der Waals surface area contributed by atoms with E-state index in [4.69, 9.17) is 5.73 Å². The van der Waals surface area contributed by atoms with E-state index in [0.29, 0.717) is 36.1 Å². The lowest BCUT2D eigenvalue weighted by atomic mass is 9.57. The van der Waals surface area contributed by atoms with E-state index in [-0.39, 0.29) is 12.3 Å². The predicted octanol–water partition coefficient (Wildman–Crippen LogP) is 7.52. The number of aliphatic hydroxyl groups is 1. The Morgan fingerprint density at radius 2 is 1.94 bits per heavy atom. The molecule has 6 rings (SSSR count). The van der Waals surface area contributed by atoms with Gasteiger partial charge in [-0.2, -0.15) is 0 Å². The number of aromatic nitrogens is 1. The average Bonchev–Trinajstić information content (AvgIpc) is 3.62. The van der Waals surface area contributed by atoms with Crippen molar-refractivity contribution in [3.63, 3.8) is 0 Å². The highest BCUT2D eigenvalue weighted by atomic mass is 16.3. The number of fused-ring (bicyclic) bond motifs is 1. The molecule has 0 spiro atoms. The van der Waals surface area contributed by atoms with Gasteiger partial charge in [0.2, 0.25) is 0 Å². The van der Waals surface area contributed by atoms with E-state index in [1.165, 1.54) is 89.9 Å². The summed E-state index contributed by atoms with van der Waals surface area (Å²) >= 11 is 0. The zero-order valence-corrected chi connectivity index (χ0v) is 31.0. The SMILES string of the molecule is CCCC(CC)CC1CCC(C2(C)CCC2)CC1=[N+](C)C(C)CCC1CC(N(C)CC2CC(n3ccc4c3NCNC4N)CC2O)C1. The second-order valence-corrected chi connectivity index (χ2v) is 17.5. The van der Waals surface area contributed by atoms with Crippen molar-refractivity contribution in [2.75, 3.05) is 32.6 Å². The van der Waals surface area contributed by atoms with Crippen LogP contribution in [0.25, 0.3) is 0 Å². The largest absolute Gasteiger partial charge is 0.393 e. The van der Waals surface area contributed by atoms with Gasteiger partial charge in [-0.15, -0.1) is 0 Å². The van der Waals surface area contributed by atoms with Crippen LogP contribution in [-0.4, -0.2) is 70.4 Å². The molecule has 0 aromatic carbocycles. The monoisotopic (exact) mass is 652 g/mol. The number of nitrogens with zero attached hydrogens (tertiary/aromatic N) is 3. The molecule has 1 aliphatic heterocycles. The summed E-state index contributed by atoms with van der Waals surface area (Å²) in [4.78, 5) is 2.58. The van der Waals surface area contributed by atoms with Crippen molar-refractivity contribution in [1.82, 2.24) is 14.8 Å². The molecule has 4 aliphatic carbocycles. The fourth-order valence-electron chi connectivity index (χ4n) is 10.6. The smallest absolute Gasteiger partial charge is 0.155 e. The van der Waals surface area contributed by atoms with Crippen LogP contribution in [0.2, 0.25) is 0 Å². The normalized spacial score (nSPS) is 35.9. The van der Waals surface area contributed by atoms with Crippen LogP contribution < -0.4 is 16.4 Å². The standard InChI is InChI=1S/C40H71N6O/c1-7-10-28(8-2)19-30-13-14-32(40(4)16-9-17-40)23-36(30)45(6)27(3)11-12-29-20-33(21-29)44(5)25-31-22-34(24-37(31)47)46-18-15-35-38(41)42-26-43-39(35)46/h15,18,27-34,37-38,42-43,47H,7-14,16-17,19-26,41H2,1-6H3/q+1. The third kappa shape index (κ3) is 7.68. The fourth-order valence-corrected chi connectivity index (χ4v) is 10.6. The highest BCUT2D eigenvalue weighted by Crippen LogP contribution is 2.52. The van der Waals surface area contributed by atoms with Gasteiger partial charge in [-0.05, 0) is 113 Å². The molecule has 0 saturated heterocycles. The first-order valence-electron chi connectivity index (χ1n) is 20.0. The zero-order chi connectivity index (χ0) is 33.3. The summed E-state index contributed by atoms with van der Waals surface area (Å²) in [6, 6.07) is 3.78. The lowest BCUT2D eigenvalue weighted by Gasteiger charge is -2.48. The second kappa shape index (κ2) is 15.2. The van der Waals surface area contributed by atoms with Crippen LogP contribution in [-0.2, 0) is 0 Å². The third-order valence-corrected chi connectivity index (χ3v) is 14.5. The number of aliphatic hydroxyl groups excluding tert-OH is 1. The number of hydrogen-bond donors (Lipinski definition) is 4. The van der Waals surface area contributed by atoms with Gasteiger partial charge in [-0.3, -0.25) is 5.32 Å². The first-order chi connectivity index (χ1) is 22.6. The molecule has 8 unspecified atom stereocenters. The van der Waals surface area contributed by atoms with E-state index < -0.39 is 0 Å². The van der Waals surface area contributed by atoms with Crippen LogP contribution in [0.4, 0.5) is 5.82 Å². The van der Waals surface area contributed by atoms with Crippen molar-refractivity contribution in [2.24, 2.45) is 40.7 Å². The Kier molecular flexibility index (Phi) is 11.5. The Bertz CT molecular complexity index is 1200. The van der Waals surface area contributed by atoms with Gasteiger partial charge in [-0.25, -0.2) is 4.58 Å². The van der Waals surface area contributed by atoms with E-state index in [2.05, 4.69) is 78.7 Å². The summed E-state index contributed by atoms with van der Waals surface area (Å²) in [6.07, 6.45) is 23.1. The van der Waals surface area contributed by atoms with Crippen LogP contribution >= 0.6 is 0 Å². The van der Waals surface area contributed by atoms with Gasteiger partial charge < -0.3 is 25.6 Å². The Hall–Kier alpha value is -1.41. The predicted molar refractivity (Wildman–Crippen MR) is 196 cm³/mol. The Labute approximate surface area is 287 Å². The number of hydrogen-bond acceptors (Lipinski definition) is 5. The molecule has 4 saturated carbocycles. The Balaban J connectivity index is 0.987. The summed E-state index contributed by atoms with van der Waals surface area (Å²) in [5.74, 6) is 4.93. The van der Waals surface area contributed by atoms with Gasteiger partial charge in [0, 0.05) is 49.1 Å². The summed E-state index contributed by atoms with van der Waals surface area (Å²) in [5, 5.41) is 17.8. The number of anilines is 1. The van der Waals surface area contributed by atoms with Crippen molar-refractivity contribution < 1.29 is 9.68 Å². The summed E-state index contributed by atoms with van der Waals surface area (Å²) in [5.41, 5.74) is 9.84. The maximum absolute atomic E-state index is 11.1. The van der Waals surface area contributed by atoms with Crippen LogP contribution in [0.15, 0.2) is 12.3 Å². The maximum Gasteiger partial charge on any atom is 0.155 e. The minimum Gasteiger partial charge on any atom is -0.393 e.